The Morgan fingerprint density at radius 1 is 1.21 bits per heavy atom. The summed E-state index contributed by atoms with van der Waals surface area (Å²) in [5.41, 5.74) is 0. The third-order valence-corrected chi connectivity index (χ3v) is 3.98. The van der Waals surface area contributed by atoms with E-state index in [1.807, 2.05) is 13.8 Å². The van der Waals surface area contributed by atoms with Gasteiger partial charge in [0, 0.05) is 0 Å². The van der Waals surface area contributed by atoms with E-state index in [0.717, 1.165) is 25.9 Å². The summed E-state index contributed by atoms with van der Waals surface area (Å²) in [5.74, 6) is 0.916. The largest absolute Gasteiger partial charge is 0.317 e. The highest BCUT2D eigenvalue weighted by molar-refractivity contribution is 7.91. The first-order valence-electron chi connectivity index (χ1n) is 5.39. The predicted molar refractivity (Wildman–Crippen MR) is 61.3 cm³/mol. The summed E-state index contributed by atoms with van der Waals surface area (Å²) < 4.78 is 22.9. The lowest BCUT2D eigenvalue weighted by atomic mass is 10.3. The molecule has 3 nitrogen and oxygen atoms in total. The lowest BCUT2D eigenvalue weighted by molar-refractivity contribution is 0.575. The zero-order valence-electron chi connectivity index (χ0n) is 9.54. The van der Waals surface area contributed by atoms with Crippen molar-refractivity contribution in [2.75, 3.05) is 24.6 Å². The van der Waals surface area contributed by atoms with Gasteiger partial charge in [-0.3, -0.25) is 0 Å². The molecule has 0 fully saturated rings. The molecule has 1 N–H and O–H groups in total. The average molecular weight is 221 g/mol. The van der Waals surface area contributed by atoms with Gasteiger partial charge in [-0.15, -0.1) is 0 Å². The van der Waals surface area contributed by atoms with Crippen molar-refractivity contribution in [3.05, 3.63) is 0 Å². The fourth-order valence-corrected chi connectivity index (χ4v) is 3.17. The van der Waals surface area contributed by atoms with Gasteiger partial charge in [0.2, 0.25) is 0 Å². The van der Waals surface area contributed by atoms with E-state index in [1.54, 1.807) is 0 Å². The zero-order chi connectivity index (χ0) is 11.0. The van der Waals surface area contributed by atoms with Gasteiger partial charge in [0.15, 0.2) is 9.84 Å². The number of hydrogen-bond donors (Lipinski definition) is 1. The van der Waals surface area contributed by atoms with E-state index in [2.05, 4.69) is 12.2 Å². The maximum Gasteiger partial charge on any atom is 0.150 e. The maximum absolute atomic E-state index is 11.5. The highest BCUT2D eigenvalue weighted by Crippen LogP contribution is 2.03. The summed E-state index contributed by atoms with van der Waals surface area (Å²) in [6.07, 6.45) is 1.73. The smallest absolute Gasteiger partial charge is 0.150 e. The molecule has 0 saturated heterocycles. The Hall–Kier alpha value is -0.0900. The minimum atomic E-state index is -2.80. The highest BCUT2D eigenvalue weighted by Gasteiger charge is 2.11. The fraction of sp³-hybridized carbons (Fsp3) is 1.00. The number of sulfone groups is 1. The summed E-state index contributed by atoms with van der Waals surface area (Å²) in [4.78, 5) is 0. The second-order valence-electron chi connectivity index (χ2n) is 4.07. The molecule has 0 radical (unpaired) electrons. The Morgan fingerprint density at radius 2 is 1.86 bits per heavy atom. The Balaban J connectivity index is 3.56. The van der Waals surface area contributed by atoms with E-state index in [0.29, 0.717) is 11.5 Å². The van der Waals surface area contributed by atoms with Gasteiger partial charge in [0.25, 0.3) is 0 Å². The number of nitrogens with one attached hydrogen (secondary N) is 1. The van der Waals surface area contributed by atoms with Crippen LogP contribution in [-0.4, -0.2) is 33.0 Å². The molecule has 0 atom stereocenters. The van der Waals surface area contributed by atoms with Crippen molar-refractivity contribution in [1.29, 1.82) is 0 Å². The summed E-state index contributed by atoms with van der Waals surface area (Å²) >= 11 is 0. The van der Waals surface area contributed by atoms with Gasteiger partial charge in [-0.25, -0.2) is 8.42 Å². The quantitative estimate of drug-likeness (QED) is 0.631. The minimum Gasteiger partial charge on any atom is -0.317 e. The topological polar surface area (TPSA) is 46.2 Å². The van der Waals surface area contributed by atoms with Crippen molar-refractivity contribution in [1.82, 2.24) is 5.32 Å². The van der Waals surface area contributed by atoms with Gasteiger partial charge in [-0.05, 0) is 31.8 Å². The van der Waals surface area contributed by atoms with Crippen LogP contribution in [0.4, 0.5) is 0 Å². The normalized spacial score (nSPS) is 12.3. The molecule has 0 rings (SSSR count). The van der Waals surface area contributed by atoms with Crippen LogP contribution in [0.1, 0.15) is 33.6 Å². The molecule has 0 amide bonds. The summed E-state index contributed by atoms with van der Waals surface area (Å²) in [6, 6.07) is 0. The van der Waals surface area contributed by atoms with Gasteiger partial charge in [-0.2, -0.15) is 0 Å². The van der Waals surface area contributed by atoms with Gasteiger partial charge in [0.1, 0.15) is 0 Å². The molecule has 0 aliphatic carbocycles. The van der Waals surface area contributed by atoms with Gasteiger partial charge in [0.05, 0.1) is 11.5 Å². The van der Waals surface area contributed by atoms with Crippen LogP contribution in [0.5, 0.6) is 0 Å². The molecule has 0 bridgehead atoms. The predicted octanol–water partition coefficient (Wildman–Crippen LogP) is 1.45. The van der Waals surface area contributed by atoms with Crippen LogP contribution in [0.2, 0.25) is 0 Å². The molecular formula is C10H23NO2S. The highest BCUT2D eigenvalue weighted by atomic mass is 32.2. The molecule has 86 valence electrons. The fourth-order valence-electron chi connectivity index (χ4n) is 1.34. The summed E-state index contributed by atoms with van der Waals surface area (Å²) in [5, 5.41) is 3.18. The Labute approximate surface area is 88.2 Å². The molecule has 4 heteroatoms. The van der Waals surface area contributed by atoms with E-state index in [-0.39, 0.29) is 5.92 Å². The lowest BCUT2D eigenvalue weighted by Gasteiger charge is -2.06. The van der Waals surface area contributed by atoms with Crippen LogP contribution in [0.3, 0.4) is 0 Å². The van der Waals surface area contributed by atoms with Crippen LogP contribution < -0.4 is 5.32 Å². The molecule has 0 saturated carbocycles. The zero-order valence-corrected chi connectivity index (χ0v) is 10.4. The van der Waals surface area contributed by atoms with Crippen molar-refractivity contribution in [3.8, 4) is 0 Å². The Morgan fingerprint density at radius 3 is 2.36 bits per heavy atom. The minimum absolute atomic E-state index is 0.244. The number of hydrogen-bond acceptors (Lipinski definition) is 3. The molecule has 0 aromatic rings. The van der Waals surface area contributed by atoms with Crippen molar-refractivity contribution in [2.45, 2.75) is 33.6 Å². The first kappa shape index (κ1) is 13.9. The molecule has 0 spiro atoms. The Bertz CT molecular complexity index is 222. The number of rotatable bonds is 8. The lowest BCUT2D eigenvalue weighted by Crippen LogP contribution is -2.18. The van der Waals surface area contributed by atoms with Crippen LogP contribution in [0.15, 0.2) is 0 Å². The molecular weight excluding hydrogens is 198 g/mol. The van der Waals surface area contributed by atoms with Crippen LogP contribution in [-0.2, 0) is 9.84 Å². The average Bonchev–Trinajstić information content (AvgIpc) is 2.01. The van der Waals surface area contributed by atoms with Crippen LogP contribution in [0, 0.1) is 5.92 Å². The van der Waals surface area contributed by atoms with E-state index in [9.17, 15) is 8.42 Å². The van der Waals surface area contributed by atoms with E-state index in [1.165, 1.54) is 0 Å². The van der Waals surface area contributed by atoms with Gasteiger partial charge in [-0.1, -0.05) is 20.8 Å². The second kappa shape index (κ2) is 7.23. The monoisotopic (exact) mass is 221 g/mol. The summed E-state index contributed by atoms with van der Waals surface area (Å²) in [6.45, 7) is 7.81. The van der Waals surface area contributed by atoms with Crippen LogP contribution >= 0.6 is 0 Å². The third kappa shape index (κ3) is 8.51. The molecule has 0 aromatic heterocycles. The van der Waals surface area contributed by atoms with Crippen molar-refractivity contribution in [2.24, 2.45) is 5.92 Å². The van der Waals surface area contributed by atoms with Gasteiger partial charge >= 0.3 is 0 Å². The first-order valence-corrected chi connectivity index (χ1v) is 7.21. The molecule has 0 unspecified atom stereocenters. The van der Waals surface area contributed by atoms with Crippen LogP contribution in [0.25, 0.3) is 0 Å². The maximum atomic E-state index is 11.5. The van der Waals surface area contributed by atoms with Crippen molar-refractivity contribution < 1.29 is 8.42 Å². The number of unbranched alkanes of at least 4 members (excludes halogenated alkanes) is 1. The SMILES string of the molecule is CCNCCCCS(=O)(=O)CC(C)C. The van der Waals surface area contributed by atoms with E-state index < -0.39 is 9.84 Å². The second-order valence-corrected chi connectivity index (χ2v) is 6.30. The van der Waals surface area contributed by atoms with E-state index in [4.69, 9.17) is 0 Å². The van der Waals surface area contributed by atoms with E-state index >= 15 is 0 Å². The van der Waals surface area contributed by atoms with Crippen molar-refractivity contribution in [3.63, 3.8) is 0 Å². The first-order chi connectivity index (χ1) is 6.48. The molecule has 0 aliphatic heterocycles. The Kier molecular flexibility index (Phi) is 7.19. The molecule has 0 heterocycles. The van der Waals surface area contributed by atoms with Gasteiger partial charge < -0.3 is 5.32 Å². The molecule has 0 aromatic carbocycles. The van der Waals surface area contributed by atoms with Crippen molar-refractivity contribution >= 4 is 9.84 Å². The molecule has 0 aliphatic rings. The third-order valence-electron chi connectivity index (χ3n) is 1.90. The summed E-state index contributed by atoms with van der Waals surface area (Å²) in [7, 11) is -2.80. The standard InChI is InChI=1S/C10H23NO2S/c1-4-11-7-5-6-8-14(12,13)9-10(2)3/h10-11H,4-9H2,1-3H3. The molecule has 14 heavy (non-hydrogen) atoms.